The largest absolute Gasteiger partial charge is 0.389 e. The van der Waals surface area contributed by atoms with Crippen molar-refractivity contribution in [2.45, 2.75) is 31.5 Å². The summed E-state index contributed by atoms with van der Waals surface area (Å²) in [5, 5.41) is 0. The molecule has 1 saturated carbocycles. The van der Waals surface area contributed by atoms with E-state index in [0.29, 0.717) is 12.8 Å². The van der Waals surface area contributed by atoms with Gasteiger partial charge >= 0.3 is 6.18 Å². The highest BCUT2D eigenvalue weighted by atomic mass is 19.4. The molecule has 0 aromatic carbocycles. The summed E-state index contributed by atoms with van der Waals surface area (Å²) in [7, 11) is 0. The number of halogens is 3. The van der Waals surface area contributed by atoms with E-state index in [1.165, 1.54) is 0 Å². The van der Waals surface area contributed by atoms with Crippen molar-refractivity contribution >= 4 is 0 Å². The minimum absolute atomic E-state index is 0.0207. The van der Waals surface area contributed by atoms with Crippen molar-refractivity contribution in [3.8, 4) is 0 Å². The molecule has 0 spiro atoms. The molecule has 0 atom stereocenters. The standard InChI is InChI=1S/C6H10F3N/c7-6(8,9)3-4-1-5(10)2-4/h4-5H,1-3,10H2. The Labute approximate surface area is 57.4 Å². The molecule has 1 aliphatic carbocycles. The summed E-state index contributed by atoms with van der Waals surface area (Å²) >= 11 is 0. The van der Waals surface area contributed by atoms with E-state index in [1.54, 1.807) is 0 Å². The summed E-state index contributed by atoms with van der Waals surface area (Å²) in [5.74, 6) is -0.199. The first-order valence-corrected chi connectivity index (χ1v) is 3.30. The van der Waals surface area contributed by atoms with Crippen LogP contribution in [0.4, 0.5) is 13.2 Å². The maximum Gasteiger partial charge on any atom is 0.389 e. The Hall–Kier alpha value is -0.250. The van der Waals surface area contributed by atoms with Gasteiger partial charge in [0.05, 0.1) is 0 Å². The minimum Gasteiger partial charge on any atom is -0.328 e. The van der Waals surface area contributed by atoms with Gasteiger partial charge < -0.3 is 5.73 Å². The Morgan fingerprint density at radius 1 is 1.30 bits per heavy atom. The van der Waals surface area contributed by atoms with Crippen molar-refractivity contribution < 1.29 is 13.2 Å². The molecule has 0 aromatic rings. The first-order chi connectivity index (χ1) is 4.47. The van der Waals surface area contributed by atoms with Crippen molar-refractivity contribution in [1.82, 2.24) is 0 Å². The monoisotopic (exact) mass is 153 g/mol. The molecular weight excluding hydrogens is 143 g/mol. The molecule has 0 bridgehead atoms. The Morgan fingerprint density at radius 3 is 2.10 bits per heavy atom. The van der Waals surface area contributed by atoms with E-state index >= 15 is 0 Å². The second-order valence-electron chi connectivity index (χ2n) is 2.92. The smallest absolute Gasteiger partial charge is 0.328 e. The minimum atomic E-state index is -4.00. The fourth-order valence-corrected chi connectivity index (χ4v) is 1.28. The number of hydrogen-bond acceptors (Lipinski definition) is 1. The van der Waals surface area contributed by atoms with Crippen LogP contribution >= 0.6 is 0 Å². The van der Waals surface area contributed by atoms with Crippen LogP contribution in [0.2, 0.25) is 0 Å². The third-order valence-electron chi connectivity index (χ3n) is 1.79. The fourth-order valence-electron chi connectivity index (χ4n) is 1.28. The molecule has 0 amide bonds. The van der Waals surface area contributed by atoms with Gasteiger partial charge in [-0.3, -0.25) is 0 Å². The van der Waals surface area contributed by atoms with Crippen LogP contribution in [-0.2, 0) is 0 Å². The van der Waals surface area contributed by atoms with Crippen molar-refractivity contribution in [3.63, 3.8) is 0 Å². The van der Waals surface area contributed by atoms with Gasteiger partial charge in [-0.1, -0.05) is 0 Å². The highest BCUT2D eigenvalue weighted by Crippen LogP contribution is 2.35. The van der Waals surface area contributed by atoms with Crippen molar-refractivity contribution in [2.75, 3.05) is 0 Å². The molecule has 1 nitrogen and oxygen atoms in total. The predicted octanol–water partition coefficient (Wildman–Crippen LogP) is 1.68. The van der Waals surface area contributed by atoms with Gasteiger partial charge in [0.2, 0.25) is 0 Å². The number of nitrogens with two attached hydrogens (primary N) is 1. The van der Waals surface area contributed by atoms with Gasteiger partial charge in [0, 0.05) is 12.5 Å². The Kier molecular flexibility index (Phi) is 1.90. The van der Waals surface area contributed by atoms with Crippen LogP contribution < -0.4 is 5.73 Å². The molecule has 0 unspecified atom stereocenters. The molecule has 0 heterocycles. The first-order valence-electron chi connectivity index (χ1n) is 3.30. The lowest BCUT2D eigenvalue weighted by Gasteiger charge is -2.32. The van der Waals surface area contributed by atoms with Gasteiger partial charge in [0.25, 0.3) is 0 Å². The molecule has 4 heteroatoms. The van der Waals surface area contributed by atoms with E-state index in [2.05, 4.69) is 0 Å². The number of rotatable bonds is 1. The molecule has 2 N–H and O–H groups in total. The van der Waals surface area contributed by atoms with Crippen molar-refractivity contribution in [2.24, 2.45) is 11.7 Å². The van der Waals surface area contributed by atoms with Crippen molar-refractivity contribution in [1.29, 1.82) is 0 Å². The zero-order valence-electron chi connectivity index (χ0n) is 5.49. The average molecular weight is 153 g/mol. The van der Waals surface area contributed by atoms with Gasteiger partial charge in [-0.15, -0.1) is 0 Å². The Bertz CT molecular complexity index is 115. The van der Waals surface area contributed by atoms with Crippen LogP contribution in [0.5, 0.6) is 0 Å². The van der Waals surface area contributed by atoms with Crippen molar-refractivity contribution in [3.05, 3.63) is 0 Å². The Morgan fingerprint density at radius 2 is 1.80 bits per heavy atom. The fraction of sp³-hybridized carbons (Fsp3) is 1.00. The molecule has 0 saturated heterocycles. The van der Waals surface area contributed by atoms with Gasteiger partial charge in [-0.05, 0) is 18.8 Å². The molecule has 10 heavy (non-hydrogen) atoms. The van der Waals surface area contributed by atoms with E-state index < -0.39 is 12.6 Å². The van der Waals surface area contributed by atoms with Crippen LogP contribution in [0.1, 0.15) is 19.3 Å². The van der Waals surface area contributed by atoms with Gasteiger partial charge in [0.1, 0.15) is 0 Å². The first kappa shape index (κ1) is 7.85. The maximum absolute atomic E-state index is 11.6. The second-order valence-corrected chi connectivity index (χ2v) is 2.92. The van der Waals surface area contributed by atoms with E-state index in [9.17, 15) is 13.2 Å². The van der Waals surface area contributed by atoms with Crippen LogP contribution in [0.3, 0.4) is 0 Å². The summed E-state index contributed by atoms with van der Waals surface area (Å²) in [5.41, 5.74) is 5.32. The lowest BCUT2D eigenvalue weighted by molar-refractivity contribution is -0.150. The third-order valence-corrected chi connectivity index (χ3v) is 1.79. The molecule has 1 fully saturated rings. The predicted molar refractivity (Wildman–Crippen MR) is 31.4 cm³/mol. The van der Waals surface area contributed by atoms with E-state index in [-0.39, 0.29) is 12.0 Å². The lowest BCUT2D eigenvalue weighted by atomic mass is 9.79. The summed E-state index contributed by atoms with van der Waals surface area (Å²) < 4.78 is 34.8. The zero-order valence-corrected chi connectivity index (χ0v) is 5.49. The number of alkyl halides is 3. The van der Waals surface area contributed by atoms with Crippen LogP contribution in [-0.4, -0.2) is 12.2 Å². The molecular formula is C6H10F3N. The SMILES string of the molecule is NC1CC(CC(F)(F)F)C1. The normalized spacial score (nSPS) is 33.6. The zero-order chi connectivity index (χ0) is 7.78. The van der Waals surface area contributed by atoms with Crippen LogP contribution in [0.15, 0.2) is 0 Å². The highest BCUT2D eigenvalue weighted by Gasteiger charge is 2.37. The summed E-state index contributed by atoms with van der Waals surface area (Å²) in [4.78, 5) is 0. The molecule has 0 aromatic heterocycles. The lowest BCUT2D eigenvalue weighted by Crippen LogP contribution is -2.38. The summed E-state index contributed by atoms with van der Waals surface area (Å²) in [6.45, 7) is 0. The van der Waals surface area contributed by atoms with E-state index in [0.717, 1.165) is 0 Å². The molecule has 1 aliphatic rings. The summed E-state index contributed by atoms with van der Waals surface area (Å²) in [6, 6.07) is 0.0207. The molecule has 0 aliphatic heterocycles. The quantitative estimate of drug-likeness (QED) is 0.609. The van der Waals surface area contributed by atoms with Crippen LogP contribution in [0, 0.1) is 5.92 Å². The molecule has 1 rings (SSSR count). The molecule has 60 valence electrons. The van der Waals surface area contributed by atoms with Gasteiger partial charge in [-0.2, -0.15) is 13.2 Å². The maximum atomic E-state index is 11.6. The highest BCUT2D eigenvalue weighted by molar-refractivity contribution is 4.83. The number of hydrogen-bond donors (Lipinski definition) is 1. The summed E-state index contributed by atoms with van der Waals surface area (Å²) in [6.07, 6.45) is -3.56. The topological polar surface area (TPSA) is 26.0 Å². The average Bonchev–Trinajstić information content (AvgIpc) is 1.57. The Balaban J connectivity index is 2.16. The van der Waals surface area contributed by atoms with Gasteiger partial charge in [0.15, 0.2) is 0 Å². The molecule has 0 radical (unpaired) electrons. The van der Waals surface area contributed by atoms with E-state index in [1.807, 2.05) is 0 Å². The third kappa shape index (κ3) is 2.17. The second kappa shape index (κ2) is 2.42. The van der Waals surface area contributed by atoms with E-state index in [4.69, 9.17) is 5.73 Å². The van der Waals surface area contributed by atoms with Gasteiger partial charge in [-0.25, -0.2) is 0 Å². The van der Waals surface area contributed by atoms with Crippen LogP contribution in [0.25, 0.3) is 0 Å².